The molecule has 0 radical (unpaired) electrons. The number of nitrogens with zero attached hydrogens (tertiary/aromatic N) is 2. The lowest BCUT2D eigenvalue weighted by molar-refractivity contribution is 0.298. The Bertz CT molecular complexity index is 360. The average molecular weight is 220 g/mol. The van der Waals surface area contributed by atoms with Gasteiger partial charge >= 0.3 is 0 Å². The highest BCUT2D eigenvalue weighted by Gasteiger charge is 2.36. The molecule has 2 aliphatic rings. The van der Waals surface area contributed by atoms with Gasteiger partial charge in [0.1, 0.15) is 0 Å². The molecule has 2 fully saturated rings. The van der Waals surface area contributed by atoms with E-state index in [0.29, 0.717) is 6.04 Å². The van der Waals surface area contributed by atoms with Gasteiger partial charge < -0.3 is 10.3 Å². The van der Waals surface area contributed by atoms with Crippen molar-refractivity contribution in [2.24, 2.45) is 0 Å². The fourth-order valence-electron chi connectivity index (χ4n) is 3.11. The second-order valence-electron chi connectivity index (χ2n) is 5.00. The number of hydrogen-bond acceptors (Lipinski definition) is 3. The van der Waals surface area contributed by atoms with Gasteiger partial charge in [-0.3, -0.25) is 4.90 Å². The minimum atomic E-state index is 0.679. The van der Waals surface area contributed by atoms with Gasteiger partial charge in [0.25, 0.3) is 0 Å². The zero-order chi connectivity index (χ0) is 11.0. The SMILES string of the molecule is Cc1[nH]cnc1CNC1CCN2CCCC12. The quantitative estimate of drug-likeness (QED) is 0.800. The van der Waals surface area contributed by atoms with E-state index in [1.807, 2.05) is 0 Å². The molecule has 2 N–H and O–H groups in total. The number of aromatic amines is 1. The maximum Gasteiger partial charge on any atom is 0.0925 e. The third-order valence-electron chi connectivity index (χ3n) is 4.07. The van der Waals surface area contributed by atoms with E-state index in [2.05, 4.69) is 27.1 Å². The molecule has 2 unspecified atom stereocenters. The number of H-pyrrole nitrogens is 1. The number of nitrogens with one attached hydrogen (secondary N) is 2. The van der Waals surface area contributed by atoms with E-state index in [1.54, 1.807) is 6.33 Å². The van der Waals surface area contributed by atoms with Crippen LogP contribution in [0.3, 0.4) is 0 Å². The average Bonchev–Trinajstić information content (AvgIpc) is 2.92. The fraction of sp³-hybridized carbons (Fsp3) is 0.750. The predicted molar refractivity (Wildman–Crippen MR) is 63.2 cm³/mol. The zero-order valence-electron chi connectivity index (χ0n) is 9.87. The van der Waals surface area contributed by atoms with Crippen LogP contribution < -0.4 is 5.32 Å². The summed E-state index contributed by atoms with van der Waals surface area (Å²) in [6.07, 6.45) is 5.83. The molecule has 0 spiro atoms. The van der Waals surface area contributed by atoms with Crippen molar-refractivity contribution in [3.63, 3.8) is 0 Å². The number of hydrogen-bond donors (Lipinski definition) is 2. The summed E-state index contributed by atoms with van der Waals surface area (Å²) in [4.78, 5) is 10.1. The van der Waals surface area contributed by atoms with Gasteiger partial charge in [-0.05, 0) is 32.7 Å². The summed E-state index contributed by atoms with van der Waals surface area (Å²) in [5.41, 5.74) is 2.35. The van der Waals surface area contributed by atoms with Crippen LogP contribution in [0.2, 0.25) is 0 Å². The van der Waals surface area contributed by atoms with Crippen LogP contribution in [0.4, 0.5) is 0 Å². The highest BCUT2D eigenvalue weighted by atomic mass is 15.2. The van der Waals surface area contributed by atoms with Crippen molar-refractivity contribution in [2.75, 3.05) is 13.1 Å². The van der Waals surface area contributed by atoms with Crippen LogP contribution in [-0.2, 0) is 6.54 Å². The number of fused-ring (bicyclic) bond motifs is 1. The summed E-state index contributed by atoms with van der Waals surface area (Å²) in [5.74, 6) is 0. The second-order valence-corrected chi connectivity index (χ2v) is 5.00. The second kappa shape index (κ2) is 4.18. The first-order chi connectivity index (χ1) is 7.84. The van der Waals surface area contributed by atoms with Crippen molar-refractivity contribution in [1.82, 2.24) is 20.2 Å². The zero-order valence-corrected chi connectivity index (χ0v) is 9.87. The highest BCUT2D eigenvalue weighted by molar-refractivity contribution is 5.09. The molecule has 2 aliphatic heterocycles. The molecule has 2 saturated heterocycles. The molecule has 88 valence electrons. The van der Waals surface area contributed by atoms with Crippen LogP contribution in [0.1, 0.15) is 30.7 Å². The highest BCUT2D eigenvalue weighted by Crippen LogP contribution is 2.27. The number of aromatic nitrogens is 2. The number of imidazole rings is 1. The minimum Gasteiger partial charge on any atom is -0.348 e. The van der Waals surface area contributed by atoms with Crippen LogP contribution in [0.5, 0.6) is 0 Å². The van der Waals surface area contributed by atoms with Crippen molar-refractivity contribution >= 4 is 0 Å². The monoisotopic (exact) mass is 220 g/mol. The van der Waals surface area contributed by atoms with Gasteiger partial charge in [0.15, 0.2) is 0 Å². The Morgan fingerprint density at radius 2 is 2.44 bits per heavy atom. The Kier molecular flexibility index (Phi) is 2.69. The van der Waals surface area contributed by atoms with Crippen molar-refractivity contribution < 1.29 is 0 Å². The Balaban J connectivity index is 1.58. The van der Waals surface area contributed by atoms with Crippen LogP contribution in [0.25, 0.3) is 0 Å². The molecule has 0 amide bonds. The number of aryl methyl sites for hydroxylation is 1. The molecule has 0 aromatic carbocycles. The minimum absolute atomic E-state index is 0.679. The molecule has 0 saturated carbocycles. The normalized spacial score (nSPS) is 29.8. The van der Waals surface area contributed by atoms with Gasteiger partial charge in [-0.1, -0.05) is 0 Å². The maximum absolute atomic E-state index is 4.33. The molecule has 3 heterocycles. The molecule has 4 nitrogen and oxygen atoms in total. The van der Waals surface area contributed by atoms with Gasteiger partial charge in [0.2, 0.25) is 0 Å². The third kappa shape index (κ3) is 1.76. The van der Waals surface area contributed by atoms with E-state index in [1.165, 1.54) is 38.0 Å². The topological polar surface area (TPSA) is 44.0 Å². The Hall–Kier alpha value is -0.870. The summed E-state index contributed by atoms with van der Waals surface area (Å²) >= 11 is 0. The van der Waals surface area contributed by atoms with Crippen molar-refractivity contribution in [3.05, 3.63) is 17.7 Å². The smallest absolute Gasteiger partial charge is 0.0925 e. The lowest BCUT2D eigenvalue weighted by Gasteiger charge is -2.21. The van der Waals surface area contributed by atoms with Crippen LogP contribution in [0.15, 0.2) is 6.33 Å². The Labute approximate surface area is 96.4 Å². The lowest BCUT2D eigenvalue weighted by atomic mass is 10.1. The summed E-state index contributed by atoms with van der Waals surface area (Å²) in [7, 11) is 0. The maximum atomic E-state index is 4.33. The van der Waals surface area contributed by atoms with Gasteiger partial charge in [0.05, 0.1) is 12.0 Å². The van der Waals surface area contributed by atoms with Crippen molar-refractivity contribution in [2.45, 2.75) is 44.8 Å². The fourth-order valence-corrected chi connectivity index (χ4v) is 3.11. The predicted octanol–water partition coefficient (Wildman–Crippen LogP) is 1.04. The van der Waals surface area contributed by atoms with Gasteiger partial charge in [-0.15, -0.1) is 0 Å². The molecule has 0 aliphatic carbocycles. The van der Waals surface area contributed by atoms with Gasteiger partial charge in [0, 0.05) is 30.9 Å². The molecule has 4 heteroatoms. The molecule has 0 bridgehead atoms. The molecule has 1 aromatic heterocycles. The molecule has 2 atom stereocenters. The van der Waals surface area contributed by atoms with E-state index in [0.717, 1.165) is 18.3 Å². The summed E-state index contributed by atoms with van der Waals surface area (Å²) in [6, 6.07) is 1.47. The van der Waals surface area contributed by atoms with E-state index < -0.39 is 0 Å². The van der Waals surface area contributed by atoms with Crippen molar-refractivity contribution in [3.8, 4) is 0 Å². The molecular formula is C12H20N4. The first kappa shape index (κ1) is 10.3. The standard InChI is InChI=1S/C12H20N4/c1-9-11(15-8-14-9)7-13-10-4-6-16-5-2-3-12(10)16/h8,10,12-13H,2-7H2,1H3,(H,14,15). The first-order valence-corrected chi connectivity index (χ1v) is 6.31. The van der Waals surface area contributed by atoms with Crippen LogP contribution in [0, 0.1) is 6.92 Å². The molecule has 3 rings (SSSR count). The molecule has 16 heavy (non-hydrogen) atoms. The number of rotatable bonds is 3. The Morgan fingerprint density at radius 3 is 3.25 bits per heavy atom. The van der Waals surface area contributed by atoms with Gasteiger partial charge in [-0.2, -0.15) is 0 Å². The van der Waals surface area contributed by atoms with E-state index in [9.17, 15) is 0 Å². The van der Waals surface area contributed by atoms with Gasteiger partial charge in [-0.25, -0.2) is 4.98 Å². The molecule has 1 aromatic rings. The van der Waals surface area contributed by atoms with Crippen LogP contribution >= 0.6 is 0 Å². The summed E-state index contributed by atoms with van der Waals surface area (Å²) < 4.78 is 0. The third-order valence-corrected chi connectivity index (χ3v) is 4.07. The lowest BCUT2D eigenvalue weighted by Crippen LogP contribution is -2.38. The Morgan fingerprint density at radius 1 is 1.50 bits per heavy atom. The molecular weight excluding hydrogens is 200 g/mol. The van der Waals surface area contributed by atoms with E-state index in [-0.39, 0.29) is 0 Å². The van der Waals surface area contributed by atoms with E-state index in [4.69, 9.17) is 0 Å². The summed E-state index contributed by atoms with van der Waals surface area (Å²) in [6.45, 7) is 5.58. The first-order valence-electron chi connectivity index (χ1n) is 6.31. The van der Waals surface area contributed by atoms with E-state index >= 15 is 0 Å². The van der Waals surface area contributed by atoms with Crippen LogP contribution in [-0.4, -0.2) is 40.0 Å². The van der Waals surface area contributed by atoms with Crippen molar-refractivity contribution in [1.29, 1.82) is 0 Å². The summed E-state index contributed by atoms with van der Waals surface area (Å²) in [5, 5.41) is 3.67. The largest absolute Gasteiger partial charge is 0.348 e.